The van der Waals surface area contributed by atoms with E-state index in [1.807, 2.05) is 6.92 Å². The van der Waals surface area contributed by atoms with Gasteiger partial charge in [0.05, 0.1) is 24.5 Å². The SMILES string of the molecule is CCC(CO)(CO)NC(C)CS(C)(=O)=O. The van der Waals surface area contributed by atoms with E-state index < -0.39 is 15.4 Å². The zero-order valence-corrected chi connectivity index (χ0v) is 10.3. The van der Waals surface area contributed by atoms with Crippen molar-refractivity contribution in [2.75, 3.05) is 25.2 Å². The Bertz CT molecular complexity index is 264. The summed E-state index contributed by atoms with van der Waals surface area (Å²) in [5.74, 6) is -0.00521. The molecule has 0 aliphatic rings. The van der Waals surface area contributed by atoms with Crippen molar-refractivity contribution in [3.8, 4) is 0 Å². The van der Waals surface area contributed by atoms with Gasteiger partial charge in [-0.2, -0.15) is 0 Å². The predicted octanol–water partition coefficient (Wildman–Crippen LogP) is -0.857. The Morgan fingerprint density at radius 2 is 1.80 bits per heavy atom. The fourth-order valence-corrected chi connectivity index (χ4v) is 2.48. The van der Waals surface area contributed by atoms with Gasteiger partial charge in [-0.1, -0.05) is 6.92 Å². The van der Waals surface area contributed by atoms with Crippen LogP contribution in [-0.4, -0.2) is 55.4 Å². The molecule has 6 heteroatoms. The van der Waals surface area contributed by atoms with Gasteiger partial charge in [0.2, 0.25) is 0 Å². The van der Waals surface area contributed by atoms with Crippen LogP contribution in [0.2, 0.25) is 0 Å². The van der Waals surface area contributed by atoms with Crippen LogP contribution in [0.3, 0.4) is 0 Å². The van der Waals surface area contributed by atoms with Crippen LogP contribution in [-0.2, 0) is 9.84 Å². The molecule has 0 heterocycles. The molecule has 0 aliphatic carbocycles. The van der Waals surface area contributed by atoms with Crippen molar-refractivity contribution >= 4 is 9.84 Å². The van der Waals surface area contributed by atoms with Crippen LogP contribution in [0.1, 0.15) is 20.3 Å². The maximum Gasteiger partial charge on any atom is 0.148 e. The molecule has 0 saturated heterocycles. The first kappa shape index (κ1) is 14.8. The minimum atomic E-state index is -3.05. The van der Waals surface area contributed by atoms with Crippen molar-refractivity contribution in [1.82, 2.24) is 5.32 Å². The number of hydrogen-bond donors (Lipinski definition) is 3. The summed E-state index contributed by atoms with van der Waals surface area (Å²) in [5, 5.41) is 21.3. The zero-order chi connectivity index (χ0) is 12.1. The molecule has 1 atom stereocenters. The Labute approximate surface area is 91.4 Å². The smallest absolute Gasteiger partial charge is 0.148 e. The molecule has 0 amide bonds. The average Bonchev–Trinajstić information content (AvgIpc) is 2.11. The molecule has 0 rings (SSSR count). The lowest BCUT2D eigenvalue weighted by Gasteiger charge is -2.33. The van der Waals surface area contributed by atoms with Crippen LogP contribution in [0.25, 0.3) is 0 Å². The third-order valence-electron chi connectivity index (χ3n) is 2.39. The minimum Gasteiger partial charge on any atom is -0.394 e. The fourth-order valence-electron chi connectivity index (χ4n) is 1.49. The summed E-state index contributed by atoms with van der Waals surface area (Å²) in [4.78, 5) is 0. The van der Waals surface area contributed by atoms with E-state index in [0.717, 1.165) is 6.26 Å². The van der Waals surface area contributed by atoms with Gasteiger partial charge in [-0.05, 0) is 13.3 Å². The zero-order valence-electron chi connectivity index (χ0n) is 9.52. The van der Waals surface area contributed by atoms with Crippen molar-refractivity contribution in [1.29, 1.82) is 0 Å². The first-order valence-corrected chi connectivity index (χ1v) is 7.02. The van der Waals surface area contributed by atoms with Gasteiger partial charge in [-0.3, -0.25) is 0 Å². The van der Waals surface area contributed by atoms with Crippen molar-refractivity contribution in [2.45, 2.75) is 31.8 Å². The molecule has 3 N–H and O–H groups in total. The number of sulfone groups is 1. The van der Waals surface area contributed by atoms with E-state index in [2.05, 4.69) is 5.32 Å². The summed E-state index contributed by atoms with van der Waals surface area (Å²) in [7, 11) is -3.05. The standard InChI is InChI=1S/C9H21NO4S/c1-4-9(6-11,7-12)10-8(2)5-15(3,13)14/h8,10-12H,4-7H2,1-3H3. The van der Waals surface area contributed by atoms with E-state index in [9.17, 15) is 8.42 Å². The molecule has 0 aliphatic heterocycles. The predicted molar refractivity (Wildman–Crippen MR) is 59.5 cm³/mol. The van der Waals surface area contributed by atoms with E-state index in [1.54, 1.807) is 6.92 Å². The van der Waals surface area contributed by atoms with E-state index in [1.165, 1.54) is 0 Å². The fraction of sp³-hybridized carbons (Fsp3) is 1.00. The third-order valence-corrected chi connectivity index (χ3v) is 3.49. The Balaban J connectivity index is 4.42. The van der Waals surface area contributed by atoms with Crippen LogP contribution >= 0.6 is 0 Å². The molecule has 0 aromatic carbocycles. The van der Waals surface area contributed by atoms with E-state index in [-0.39, 0.29) is 25.0 Å². The second-order valence-electron chi connectivity index (χ2n) is 4.09. The van der Waals surface area contributed by atoms with Gasteiger partial charge in [0.15, 0.2) is 0 Å². The Morgan fingerprint density at radius 3 is 2.07 bits per heavy atom. The highest BCUT2D eigenvalue weighted by atomic mass is 32.2. The topological polar surface area (TPSA) is 86.6 Å². The number of nitrogens with one attached hydrogen (secondary N) is 1. The Kier molecular flexibility index (Phi) is 5.72. The van der Waals surface area contributed by atoms with Crippen molar-refractivity contribution in [3.05, 3.63) is 0 Å². The van der Waals surface area contributed by atoms with Crippen molar-refractivity contribution < 1.29 is 18.6 Å². The third kappa shape index (κ3) is 5.46. The monoisotopic (exact) mass is 239 g/mol. The summed E-state index contributed by atoms with van der Waals surface area (Å²) in [6.07, 6.45) is 1.70. The molecule has 15 heavy (non-hydrogen) atoms. The second-order valence-corrected chi connectivity index (χ2v) is 6.27. The molecule has 0 aromatic rings. The van der Waals surface area contributed by atoms with Crippen LogP contribution in [0.15, 0.2) is 0 Å². The number of rotatable bonds is 7. The molecule has 0 bridgehead atoms. The van der Waals surface area contributed by atoms with Gasteiger partial charge < -0.3 is 15.5 Å². The van der Waals surface area contributed by atoms with Gasteiger partial charge in [0.1, 0.15) is 9.84 Å². The molecule has 0 spiro atoms. The quantitative estimate of drug-likeness (QED) is 0.538. The van der Waals surface area contributed by atoms with E-state index in [4.69, 9.17) is 10.2 Å². The highest BCUT2D eigenvalue weighted by molar-refractivity contribution is 7.90. The lowest BCUT2D eigenvalue weighted by atomic mass is 9.97. The molecular weight excluding hydrogens is 218 g/mol. The van der Waals surface area contributed by atoms with Gasteiger partial charge in [-0.25, -0.2) is 8.42 Å². The molecule has 0 radical (unpaired) electrons. The van der Waals surface area contributed by atoms with Gasteiger partial charge in [0.25, 0.3) is 0 Å². The van der Waals surface area contributed by atoms with Crippen LogP contribution < -0.4 is 5.32 Å². The van der Waals surface area contributed by atoms with E-state index >= 15 is 0 Å². The average molecular weight is 239 g/mol. The lowest BCUT2D eigenvalue weighted by molar-refractivity contribution is 0.0814. The summed E-state index contributed by atoms with van der Waals surface area (Å²) in [6, 6.07) is -0.292. The van der Waals surface area contributed by atoms with Gasteiger partial charge >= 0.3 is 0 Å². The normalized spacial score (nSPS) is 15.3. The maximum absolute atomic E-state index is 11.0. The highest BCUT2D eigenvalue weighted by Crippen LogP contribution is 2.10. The summed E-state index contributed by atoms with van der Waals surface area (Å²) >= 11 is 0. The highest BCUT2D eigenvalue weighted by Gasteiger charge is 2.28. The first-order valence-electron chi connectivity index (χ1n) is 4.95. The molecule has 5 nitrogen and oxygen atoms in total. The van der Waals surface area contributed by atoms with Gasteiger partial charge in [-0.15, -0.1) is 0 Å². The first-order chi connectivity index (χ1) is 6.78. The van der Waals surface area contributed by atoms with Crippen LogP contribution in [0.5, 0.6) is 0 Å². The Morgan fingerprint density at radius 1 is 1.33 bits per heavy atom. The maximum atomic E-state index is 11.0. The molecule has 0 fully saturated rings. The largest absolute Gasteiger partial charge is 0.394 e. The molecular formula is C9H21NO4S. The summed E-state index contributed by atoms with van der Waals surface area (Å²) < 4.78 is 22.1. The van der Waals surface area contributed by atoms with Crippen molar-refractivity contribution in [3.63, 3.8) is 0 Å². The second kappa shape index (κ2) is 5.79. The van der Waals surface area contributed by atoms with Crippen LogP contribution in [0.4, 0.5) is 0 Å². The summed E-state index contributed by atoms with van der Waals surface area (Å²) in [6.45, 7) is 3.12. The number of aliphatic hydroxyl groups excluding tert-OH is 2. The van der Waals surface area contributed by atoms with Gasteiger partial charge in [0, 0.05) is 12.3 Å². The van der Waals surface area contributed by atoms with E-state index in [0.29, 0.717) is 6.42 Å². The lowest BCUT2D eigenvalue weighted by Crippen LogP contribution is -2.56. The van der Waals surface area contributed by atoms with Crippen molar-refractivity contribution in [2.24, 2.45) is 0 Å². The Hall–Kier alpha value is -0.170. The molecule has 0 aromatic heterocycles. The molecule has 1 unspecified atom stereocenters. The van der Waals surface area contributed by atoms with Crippen LogP contribution in [0, 0.1) is 0 Å². The number of aliphatic hydroxyl groups is 2. The summed E-state index contributed by atoms with van der Waals surface area (Å²) in [5.41, 5.74) is -0.788. The number of hydrogen-bond acceptors (Lipinski definition) is 5. The molecule has 0 saturated carbocycles. The molecule has 92 valence electrons. The minimum absolute atomic E-state index is 0.00521.